The highest BCUT2D eigenvalue weighted by Gasteiger charge is 2.39. The zero-order valence-corrected chi connectivity index (χ0v) is 10.6. The summed E-state index contributed by atoms with van der Waals surface area (Å²) < 4.78 is 5.43. The van der Waals surface area contributed by atoms with Crippen LogP contribution in [-0.4, -0.2) is 36.2 Å². The fourth-order valence-electron chi connectivity index (χ4n) is 2.04. The highest BCUT2D eigenvalue weighted by Crippen LogP contribution is 2.32. The van der Waals surface area contributed by atoms with Gasteiger partial charge in [0.15, 0.2) is 0 Å². The second-order valence-electron chi connectivity index (χ2n) is 4.11. The molecule has 100 valence electrons. The van der Waals surface area contributed by atoms with Crippen molar-refractivity contribution in [3.05, 3.63) is 42.0 Å². The van der Waals surface area contributed by atoms with Crippen LogP contribution in [0.4, 0.5) is 5.69 Å². The number of fused-ring (bicyclic) bond motifs is 1. The number of rotatable bonds is 4. The first kappa shape index (κ1) is 13.5. The minimum Gasteiger partial charge on any atom is -0.392 e. The van der Waals surface area contributed by atoms with E-state index in [0.717, 1.165) is 0 Å². The number of amides is 1. The average molecular weight is 261 g/mol. The number of nitrogens with zero attached hydrogens (tertiary/aromatic N) is 1. The molecule has 0 saturated carbocycles. The van der Waals surface area contributed by atoms with E-state index in [0.29, 0.717) is 11.3 Å². The molecule has 5 nitrogen and oxygen atoms in total. The number of aliphatic hydroxyl groups excluding tert-OH is 1. The van der Waals surface area contributed by atoms with Crippen LogP contribution in [0.3, 0.4) is 0 Å². The lowest BCUT2D eigenvalue weighted by molar-refractivity contribution is -0.118. The summed E-state index contributed by atoms with van der Waals surface area (Å²) in [5.74, 6) is -0.461. The second-order valence-corrected chi connectivity index (χ2v) is 4.11. The number of carbonyl (C=O) groups is 2. The van der Waals surface area contributed by atoms with Crippen LogP contribution in [0.15, 0.2) is 36.4 Å². The maximum atomic E-state index is 12.2. The fourth-order valence-corrected chi connectivity index (χ4v) is 2.04. The highest BCUT2D eigenvalue weighted by molar-refractivity contribution is 6.16. The molecular weight excluding hydrogens is 246 g/mol. The molecule has 0 saturated heterocycles. The molecule has 1 N–H and O–H groups in total. The van der Waals surface area contributed by atoms with Crippen LogP contribution in [0.25, 0.3) is 0 Å². The van der Waals surface area contributed by atoms with Crippen molar-refractivity contribution in [1.82, 2.24) is 0 Å². The summed E-state index contributed by atoms with van der Waals surface area (Å²) in [5.41, 5.74) is 1.07. The third-order valence-corrected chi connectivity index (χ3v) is 2.85. The molecule has 0 fully saturated rings. The summed E-state index contributed by atoms with van der Waals surface area (Å²) in [7, 11) is 0. The van der Waals surface area contributed by atoms with Gasteiger partial charge < -0.3 is 9.84 Å². The zero-order chi connectivity index (χ0) is 13.8. The summed E-state index contributed by atoms with van der Waals surface area (Å²) in [4.78, 5) is 25.2. The molecule has 1 aliphatic rings. The van der Waals surface area contributed by atoms with Crippen LogP contribution < -0.4 is 4.90 Å². The van der Waals surface area contributed by atoms with Gasteiger partial charge in [-0.1, -0.05) is 24.3 Å². The molecule has 1 aromatic carbocycles. The van der Waals surface area contributed by atoms with E-state index >= 15 is 0 Å². The fraction of sp³-hybridized carbons (Fsp3) is 0.286. The number of hydrogen-bond donors (Lipinski definition) is 1. The van der Waals surface area contributed by atoms with Crippen molar-refractivity contribution >= 4 is 17.4 Å². The van der Waals surface area contributed by atoms with E-state index in [4.69, 9.17) is 9.84 Å². The van der Waals surface area contributed by atoms with Gasteiger partial charge >= 0.3 is 0 Å². The van der Waals surface area contributed by atoms with Crippen LogP contribution in [0, 0.1) is 0 Å². The lowest BCUT2D eigenvalue weighted by atomic mass is 10.1. The first-order chi connectivity index (χ1) is 9.16. The minimum atomic E-state index is -0.918. The molecule has 1 aromatic rings. The Kier molecular flexibility index (Phi) is 4.09. The standard InChI is InChI=1S/C14H15NO4/c1-10(17)15-12-7-3-2-6-11(12)13(18)14(15)19-9-5-4-8-16/h2-7,14,16H,8-9H2,1H3/b5-4+. The molecule has 0 spiro atoms. The van der Waals surface area contributed by atoms with Crippen molar-refractivity contribution in [2.75, 3.05) is 18.1 Å². The number of anilines is 1. The summed E-state index contributed by atoms with van der Waals surface area (Å²) in [5, 5.41) is 8.62. The summed E-state index contributed by atoms with van der Waals surface area (Å²) >= 11 is 0. The van der Waals surface area contributed by atoms with Crippen LogP contribution in [0.2, 0.25) is 0 Å². The predicted octanol–water partition coefficient (Wildman–Crippen LogP) is 1.13. The third-order valence-electron chi connectivity index (χ3n) is 2.85. The summed E-state index contributed by atoms with van der Waals surface area (Å²) in [6, 6.07) is 6.93. The Morgan fingerprint density at radius 3 is 2.84 bits per heavy atom. The maximum absolute atomic E-state index is 12.2. The lowest BCUT2D eigenvalue weighted by Crippen LogP contribution is -2.40. The van der Waals surface area contributed by atoms with Crippen molar-refractivity contribution in [2.45, 2.75) is 13.2 Å². The summed E-state index contributed by atoms with van der Waals surface area (Å²) in [6.07, 6.45) is 2.21. The van der Waals surface area contributed by atoms with E-state index in [2.05, 4.69) is 0 Å². The minimum absolute atomic E-state index is 0.0847. The largest absolute Gasteiger partial charge is 0.392 e. The Balaban J connectivity index is 2.22. The third kappa shape index (κ3) is 2.57. The number of para-hydroxylation sites is 1. The molecule has 0 aromatic heterocycles. The van der Waals surface area contributed by atoms with Crippen LogP contribution in [-0.2, 0) is 9.53 Å². The molecule has 1 heterocycles. The van der Waals surface area contributed by atoms with Crippen LogP contribution in [0.5, 0.6) is 0 Å². The molecule has 19 heavy (non-hydrogen) atoms. The topological polar surface area (TPSA) is 66.8 Å². The lowest BCUT2D eigenvalue weighted by Gasteiger charge is -2.22. The Hall–Kier alpha value is -1.98. The number of ether oxygens (including phenoxy) is 1. The van der Waals surface area contributed by atoms with Crippen LogP contribution >= 0.6 is 0 Å². The molecule has 1 unspecified atom stereocenters. The van der Waals surface area contributed by atoms with Gasteiger partial charge in [0.1, 0.15) is 0 Å². The van der Waals surface area contributed by atoms with E-state index in [1.807, 2.05) is 0 Å². The molecule has 0 bridgehead atoms. The van der Waals surface area contributed by atoms with Crippen molar-refractivity contribution < 1.29 is 19.4 Å². The summed E-state index contributed by atoms with van der Waals surface area (Å²) in [6.45, 7) is 1.47. The molecule has 0 aliphatic carbocycles. The van der Waals surface area contributed by atoms with E-state index in [-0.39, 0.29) is 24.9 Å². The molecule has 2 rings (SSSR count). The SMILES string of the molecule is CC(=O)N1c2ccccc2C(=O)C1OC/C=C/CO. The van der Waals surface area contributed by atoms with E-state index in [1.54, 1.807) is 30.3 Å². The van der Waals surface area contributed by atoms with Crippen molar-refractivity contribution in [3.63, 3.8) is 0 Å². The molecule has 0 radical (unpaired) electrons. The van der Waals surface area contributed by atoms with Crippen molar-refractivity contribution in [2.24, 2.45) is 0 Å². The number of aliphatic hydroxyl groups is 1. The van der Waals surface area contributed by atoms with E-state index in [1.165, 1.54) is 17.9 Å². The van der Waals surface area contributed by atoms with Gasteiger partial charge in [-0.25, -0.2) is 0 Å². The molecule has 1 atom stereocenters. The van der Waals surface area contributed by atoms with Gasteiger partial charge in [0.05, 0.1) is 18.9 Å². The maximum Gasteiger partial charge on any atom is 0.226 e. The van der Waals surface area contributed by atoms with E-state index in [9.17, 15) is 9.59 Å². The Labute approximate surface area is 111 Å². The van der Waals surface area contributed by atoms with Crippen LogP contribution in [0.1, 0.15) is 17.3 Å². The number of carbonyl (C=O) groups excluding carboxylic acids is 2. The first-order valence-corrected chi connectivity index (χ1v) is 5.97. The van der Waals surface area contributed by atoms with Crippen molar-refractivity contribution in [3.8, 4) is 0 Å². The average Bonchev–Trinajstić information content (AvgIpc) is 2.68. The molecule has 1 amide bonds. The Bertz CT molecular complexity index is 524. The van der Waals surface area contributed by atoms with Gasteiger partial charge in [-0.3, -0.25) is 14.5 Å². The zero-order valence-electron chi connectivity index (χ0n) is 10.6. The van der Waals surface area contributed by atoms with Gasteiger partial charge in [-0.05, 0) is 12.1 Å². The number of ketones is 1. The number of hydrogen-bond acceptors (Lipinski definition) is 4. The Morgan fingerprint density at radius 2 is 2.16 bits per heavy atom. The number of Topliss-reactive ketones (excluding diaryl/α,β-unsaturated/α-hetero) is 1. The predicted molar refractivity (Wildman–Crippen MR) is 69.9 cm³/mol. The first-order valence-electron chi connectivity index (χ1n) is 5.97. The second kappa shape index (κ2) is 5.77. The van der Waals surface area contributed by atoms with Gasteiger partial charge in [-0.2, -0.15) is 0 Å². The normalized spacial score (nSPS) is 18.1. The van der Waals surface area contributed by atoms with Gasteiger partial charge in [-0.15, -0.1) is 0 Å². The molecule has 5 heteroatoms. The molecule has 1 aliphatic heterocycles. The van der Waals surface area contributed by atoms with Gasteiger partial charge in [0, 0.05) is 12.5 Å². The van der Waals surface area contributed by atoms with E-state index < -0.39 is 6.23 Å². The molecular formula is C14H15NO4. The van der Waals surface area contributed by atoms with Gasteiger partial charge in [0.25, 0.3) is 0 Å². The smallest absolute Gasteiger partial charge is 0.226 e. The van der Waals surface area contributed by atoms with Gasteiger partial charge in [0.2, 0.25) is 17.9 Å². The Morgan fingerprint density at radius 1 is 1.42 bits per heavy atom. The highest BCUT2D eigenvalue weighted by atomic mass is 16.5. The quantitative estimate of drug-likeness (QED) is 0.825. The van der Waals surface area contributed by atoms with Crippen molar-refractivity contribution in [1.29, 1.82) is 0 Å². The number of benzene rings is 1. The monoisotopic (exact) mass is 261 g/mol.